The predicted molar refractivity (Wildman–Crippen MR) is 71.8 cm³/mol. The second-order valence-corrected chi connectivity index (χ2v) is 5.20. The van der Waals surface area contributed by atoms with Crippen LogP contribution in [0.2, 0.25) is 0 Å². The van der Waals surface area contributed by atoms with E-state index in [0.717, 1.165) is 47.2 Å². The number of rotatable bonds is 0. The van der Waals surface area contributed by atoms with Gasteiger partial charge in [-0.2, -0.15) is 0 Å². The van der Waals surface area contributed by atoms with Gasteiger partial charge in [-0.1, -0.05) is 17.7 Å². The summed E-state index contributed by atoms with van der Waals surface area (Å²) in [5, 5.41) is 6.26. The molecule has 2 aliphatic rings. The smallest absolute Gasteiger partial charge is 0.256 e. The SMILES string of the molecule is O=C1Nc2c(Br)cccc2C1=C1CCNCC1. The van der Waals surface area contributed by atoms with Gasteiger partial charge in [-0.25, -0.2) is 0 Å². The van der Waals surface area contributed by atoms with Crippen LogP contribution in [-0.4, -0.2) is 19.0 Å². The molecule has 0 saturated carbocycles. The van der Waals surface area contributed by atoms with Gasteiger partial charge in [0.15, 0.2) is 0 Å². The molecule has 88 valence electrons. The number of carbonyl (C=O) groups excluding carboxylic acids is 1. The van der Waals surface area contributed by atoms with Gasteiger partial charge in [0.05, 0.1) is 5.69 Å². The van der Waals surface area contributed by atoms with Crippen molar-refractivity contribution in [1.82, 2.24) is 5.32 Å². The molecule has 1 fully saturated rings. The van der Waals surface area contributed by atoms with E-state index in [2.05, 4.69) is 26.6 Å². The Bertz CT molecular complexity index is 514. The summed E-state index contributed by atoms with van der Waals surface area (Å²) in [6.07, 6.45) is 1.93. The van der Waals surface area contributed by atoms with Crippen LogP contribution in [0.4, 0.5) is 5.69 Å². The molecule has 1 amide bonds. The summed E-state index contributed by atoms with van der Waals surface area (Å²) in [7, 11) is 0. The molecule has 1 saturated heterocycles. The number of halogens is 1. The molecule has 0 unspecified atom stereocenters. The fourth-order valence-corrected chi connectivity index (χ4v) is 2.95. The van der Waals surface area contributed by atoms with Crippen molar-refractivity contribution in [3.05, 3.63) is 33.8 Å². The first-order valence-electron chi connectivity index (χ1n) is 5.80. The highest BCUT2D eigenvalue weighted by Gasteiger charge is 2.28. The van der Waals surface area contributed by atoms with E-state index in [1.165, 1.54) is 5.57 Å². The van der Waals surface area contributed by atoms with Crippen LogP contribution >= 0.6 is 15.9 Å². The van der Waals surface area contributed by atoms with Crippen molar-refractivity contribution < 1.29 is 4.79 Å². The standard InChI is InChI=1S/C13H13BrN2O/c14-10-3-1-2-9-11(13(17)16-12(9)10)8-4-6-15-7-5-8/h1-3,15H,4-7H2,(H,16,17). The summed E-state index contributed by atoms with van der Waals surface area (Å²) in [4.78, 5) is 12.1. The predicted octanol–water partition coefficient (Wildman–Crippen LogP) is 2.54. The maximum absolute atomic E-state index is 12.1. The highest BCUT2D eigenvalue weighted by molar-refractivity contribution is 9.10. The van der Waals surface area contributed by atoms with Crippen molar-refractivity contribution in [1.29, 1.82) is 0 Å². The fourth-order valence-electron chi connectivity index (χ4n) is 2.49. The Labute approximate surface area is 108 Å². The quantitative estimate of drug-likeness (QED) is 0.722. The molecule has 0 radical (unpaired) electrons. The third kappa shape index (κ3) is 1.81. The van der Waals surface area contributed by atoms with Crippen molar-refractivity contribution in [2.75, 3.05) is 18.4 Å². The van der Waals surface area contributed by atoms with Gasteiger partial charge in [-0.15, -0.1) is 0 Å². The number of carbonyl (C=O) groups is 1. The molecule has 1 aromatic rings. The van der Waals surface area contributed by atoms with E-state index in [4.69, 9.17) is 0 Å². The Morgan fingerprint density at radius 3 is 2.71 bits per heavy atom. The Morgan fingerprint density at radius 2 is 1.94 bits per heavy atom. The Balaban J connectivity index is 2.13. The van der Waals surface area contributed by atoms with Gasteiger partial charge >= 0.3 is 0 Å². The molecular formula is C13H13BrN2O. The number of hydrogen-bond acceptors (Lipinski definition) is 2. The third-order valence-corrected chi connectivity index (χ3v) is 3.97. The van der Waals surface area contributed by atoms with Crippen LogP contribution in [0.3, 0.4) is 0 Å². The second-order valence-electron chi connectivity index (χ2n) is 4.35. The van der Waals surface area contributed by atoms with Crippen LogP contribution in [0.25, 0.3) is 5.57 Å². The van der Waals surface area contributed by atoms with Gasteiger partial charge < -0.3 is 10.6 Å². The van der Waals surface area contributed by atoms with E-state index in [1.54, 1.807) is 0 Å². The van der Waals surface area contributed by atoms with Gasteiger partial charge in [0.2, 0.25) is 0 Å². The molecule has 0 aromatic heterocycles. The van der Waals surface area contributed by atoms with Crippen molar-refractivity contribution >= 4 is 33.1 Å². The maximum Gasteiger partial charge on any atom is 0.256 e. The molecule has 3 rings (SSSR count). The number of nitrogens with one attached hydrogen (secondary N) is 2. The second kappa shape index (κ2) is 4.27. The monoisotopic (exact) mass is 292 g/mol. The van der Waals surface area contributed by atoms with Crippen LogP contribution in [0, 0.1) is 0 Å². The lowest BCUT2D eigenvalue weighted by Gasteiger charge is -2.17. The highest BCUT2D eigenvalue weighted by Crippen LogP contribution is 2.40. The first-order chi connectivity index (χ1) is 8.27. The number of hydrogen-bond donors (Lipinski definition) is 2. The lowest BCUT2D eigenvalue weighted by molar-refractivity contribution is -0.110. The number of fused-ring (bicyclic) bond motifs is 1. The summed E-state index contributed by atoms with van der Waals surface area (Å²) in [5.74, 6) is 0.0452. The number of amides is 1. The van der Waals surface area contributed by atoms with Crippen LogP contribution in [0.1, 0.15) is 18.4 Å². The zero-order valence-electron chi connectivity index (χ0n) is 9.35. The molecule has 0 bridgehead atoms. The minimum atomic E-state index is 0.0452. The third-order valence-electron chi connectivity index (χ3n) is 3.31. The minimum Gasteiger partial charge on any atom is -0.320 e. The van der Waals surface area contributed by atoms with E-state index >= 15 is 0 Å². The van der Waals surface area contributed by atoms with Gasteiger partial charge in [0.25, 0.3) is 5.91 Å². The molecule has 1 aromatic carbocycles. The normalized spacial score (nSPS) is 19.2. The van der Waals surface area contributed by atoms with Crippen molar-refractivity contribution in [2.24, 2.45) is 0 Å². The van der Waals surface area contributed by atoms with Crippen molar-refractivity contribution in [3.8, 4) is 0 Å². The number of piperidine rings is 1. The minimum absolute atomic E-state index is 0.0452. The van der Waals surface area contributed by atoms with E-state index in [1.807, 2.05) is 18.2 Å². The number of benzene rings is 1. The first-order valence-corrected chi connectivity index (χ1v) is 6.59. The molecule has 0 spiro atoms. The Morgan fingerprint density at radius 1 is 1.18 bits per heavy atom. The van der Waals surface area contributed by atoms with Crippen molar-refractivity contribution in [2.45, 2.75) is 12.8 Å². The van der Waals surface area contributed by atoms with Gasteiger partial charge in [-0.3, -0.25) is 4.79 Å². The summed E-state index contributed by atoms with van der Waals surface area (Å²) in [5.41, 5.74) is 4.13. The van der Waals surface area contributed by atoms with Crippen LogP contribution in [0.5, 0.6) is 0 Å². The molecule has 2 N–H and O–H groups in total. The molecule has 0 aliphatic carbocycles. The molecule has 17 heavy (non-hydrogen) atoms. The topological polar surface area (TPSA) is 41.1 Å². The summed E-state index contributed by atoms with van der Waals surface area (Å²) in [6.45, 7) is 1.94. The molecule has 3 nitrogen and oxygen atoms in total. The molecule has 2 aliphatic heterocycles. The van der Waals surface area contributed by atoms with Gasteiger partial charge in [0, 0.05) is 15.6 Å². The molecular weight excluding hydrogens is 280 g/mol. The van der Waals surface area contributed by atoms with E-state index in [9.17, 15) is 4.79 Å². The van der Waals surface area contributed by atoms with E-state index in [-0.39, 0.29) is 5.91 Å². The average molecular weight is 293 g/mol. The zero-order valence-corrected chi connectivity index (χ0v) is 10.9. The number of para-hydroxylation sites is 1. The van der Waals surface area contributed by atoms with Crippen LogP contribution in [-0.2, 0) is 4.79 Å². The van der Waals surface area contributed by atoms with Crippen LogP contribution < -0.4 is 10.6 Å². The lowest BCUT2D eigenvalue weighted by atomic mass is 9.95. The lowest BCUT2D eigenvalue weighted by Crippen LogP contribution is -2.24. The van der Waals surface area contributed by atoms with Gasteiger partial charge in [-0.05, 0) is 47.9 Å². The fraction of sp³-hybridized carbons (Fsp3) is 0.308. The molecule has 0 atom stereocenters. The summed E-state index contributed by atoms with van der Waals surface area (Å²) in [6, 6.07) is 5.95. The van der Waals surface area contributed by atoms with Crippen molar-refractivity contribution in [3.63, 3.8) is 0 Å². The largest absolute Gasteiger partial charge is 0.320 e. The van der Waals surface area contributed by atoms with Crippen LogP contribution in [0.15, 0.2) is 28.2 Å². The molecule has 2 heterocycles. The van der Waals surface area contributed by atoms with E-state index in [0.29, 0.717) is 0 Å². The summed E-state index contributed by atoms with van der Waals surface area (Å²) >= 11 is 3.48. The number of anilines is 1. The zero-order chi connectivity index (χ0) is 11.8. The highest BCUT2D eigenvalue weighted by atomic mass is 79.9. The summed E-state index contributed by atoms with van der Waals surface area (Å²) < 4.78 is 0.952. The van der Waals surface area contributed by atoms with Gasteiger partial charge in [0.1, 0.15) is 0 Å². The Kier molecular flexibility index (Phi) is 2.76. The maximum atomic E-state index is 12.1. The average Bonchev–Trinajstić information content (AvgIpc) is 2.68. The Hall–Kier alpha value is -1.13. The molecule has 4 heteroatoms. The van der Waals surface area contributed by atoms with E-state index < -0.39 is 0 Å². The first kappa shape index (κ1) is 11.0.